The molecular weight excluding hydrogens is 380 g/mol. The van der Waals surface area contributed by atoms with Crippen molar-refractivity contribution in [3.8, 4) is 17.5 Å². The molecule has 31 heavy (non-hydrogen) atoms. The Hall–Kier alpha value is -3.58. The van der Waals surface area contributed by atoms with Gasteiger partial charge in [0.1, 0.15) is 0 Å². The number of allylic oxidation sites excluding steroid dienone is 5. The summed E-state index contributed by atoms with van der Waals surface area (Å²) in [5, 5.41) is 4.39. The van der Waals surface area contributed by atoms with Gasteiger partial charge in [0.05, 0.1) is 23.5 Å². The van der Waals surface area contributed by atoms with Gasteiger partial charge in [-0.25, -0.2) is 4.68 Å². The number of aliphatic imine (C=N–C) groups is 1. The molecule has 0 unspecified atom stereocenters. The van der Waals surface area contributed by atoms with E-state index < -0.39 is 0 Å². The highest BCUT2D eigenvalue weighted by Crippen LogP contribution is 2.22. The summed E-state index contributed by atoms with van der Waals surface area (Å²) in [5.74, 6) is 6.67. The zero-order valence-corrected chi connectivity index (χ0v) is 18.9. The van der Waals surface area contributed by atoms with E-state index in [4.69, 9.17) is 0 Å². The molecule has 1 aromatic heterocycles. The standard InChI is InChI=1S/C27H30N4/c1-21(2)18-26(28-4)20-30(5)22(3)24-14-15-27(31-17-9-16-29-31)25(19-24)13-12-23-10-7-6-8-11-23/h7,9-11,14-19H,3,6,8,20H2,1-2,4-5H3/b28-26+. The quantitative estimate of drug-likeness (QED) is 0.469. The summed E-state index contributed by atoms with van der Waals surface area (Å²) in [4.78, 5) is 6.52. The van der Waals surface area contributed by atoms with Gasteiger partial charge < -0.3 is 4.90 Å². The van der Waals surface area contributed by atoms with Crippen LogP contribution in [-0.2, 0) is 0 Å². The molecule has 0 bridgehead atoms. The molecule has 0 saturated heterocycles. The van der Waals surface area contributed by atoms with Gasteiger partial charge in [-0.2, -0.15) is 5.10 Å². The topological polar surface area (TPSA) is 33.4 Å². The molecule has 0 atom stereocenters. The summed E-state index contributed by atoms with van der Waals surface area (Å²) in [6.07, 6.45) is 14.4. The maximum Gasteiger partial charge on any atom is 0.0802 e. The third-order valence-electron chi connectivity index (χ3n) is 5.02. The van der Waals surface area contributed by atoms with Crippen molar-refractivity contribution in [2.75, 3.05) is 20.6 Å². The first-order valence-corrected chi connectivity index (χ1v) is 10.5. The van der Waals surface area contributed by atoms with E-state index in [1.165, 1.54) is 5.57 Å². The minimum atomic E-state index is 0.695. The van der Waals surface area contributed by atoms with Crippen LogP contribution < -0.4 is 0 Å². The minimum Gasteiger partial charge on any atom is -0.369 e. The third-order valence-corrected chi connectivity index (χ3v) is 5.02. The van der Waals surface area contributed by atoms with Crippen molar-refractivity contribution in [3.63, 3.8) is 0 Å². The van der Waals surface area contributed by atoms with E-state index >= 15 is 0 Å². The lowest BCUT2D eigenvalue weighted by Crippen LogP contribution is -2.23. The lowest BCUT2D eigenvalue weighted by molar-refractivity contribution is 0.553. The fourth-order valence-electron chi connectivity index (χ4n) is 3.35. The lowest BCUT2D eigenvalue weighted by atomic mass is 10.0. The Bertz CT molecular complexity index is 1110. The molecule has 0 saturated carbocycles. The van der Waals surface area contributed by atoms with E-state index in [0.717, 1.165) is 46.6 Å². The number of aromatic nitrogens is 2. The summed E-state index contributed by atoms with van der Waals surface area (Å²) in [6.45, 7) is 9.19. The molecule has 4 nitrogen and oxygen atoms in total. The number of hydrogen-bond acceptors (Lipinski definition) is 3. The van der Waals surface area contributed by atoms with Gasteiger partial charge in [0.25, 0.3) is 0 Å². The maximum atomic E-state index is 4.40. The first-order valence-electron chi connectivity index (χ1n) is 10.5. The van der Waals surface area contributed by atoms with Crippen LogP contribution in [0.25, 0.3) is 11.4 Å². The number of benzene rings is 1. The lowest BCUT2D eigenvalue weighted by Gasteiger charge is -2.22. The Morgan fingerprint density at radius 2 is 2.13 bits per heavy atom. The molecular formula is C27H30N4. The second-order valence-corrected chi connectivity index (χ2v) is 7.81. The van der Waals surface area contributed by atoms with E-state index in [0.29, 0.717) is 6.54 Å². The molecule has 0 radical (unpaired) electrons. The highest BCUT2D eigenvalue weighted by molar-refractivity contribution is 5.97. The highest BCUT2D eigenvalue weighted by atomic mass is 15.3. The smallest absolute Gasteiger partial charge is 0.0802 e. The Balaban J connectivity index is 1.92. The van der Waals surface area contributed by atoms with Crippen LogP contribution in [0.5, 0.6) is 0 Å². The molecule has 0 N–H and O–H groups in total. The Morgan fingerprint density at radius 1 is 1.29 bits per heavy atom. The molecule has 158 valence electrons. The van der Waals surface area contributed by atoms with Gasteiger partial charge in [0.2, 0.25) is 0 Å². The summed E-state index contributed by atoms with van der Waals surface area (Å²) in [7, 11) is 3.86. The molecule has 4 heteroatoms. The van der Waals surface area contributed by atoms with Gasteiger partial charge in [-0.05, 0) is 56.5 Å². The van der Waals surface area contributed by atoms with E-state index in [2.05, 4.69) is 89.8 Å². The molecule has 0 spiro atoms. The average Bonchev–Trinajstić information content (AvgIpc) is 3.31. The molecule has 0 aliphatic heterocycles. The zero-order valence-electron chi connectivity index (χ0n) is 18.9. The van der Waals surface area contributed by atoms with E-state index in [-0.39, 0.29) is 0 Å². The van der Waals surface area contributed by atoms with E-state index in [1.807, 2.05) is 31.0 Å². The van der Waals surface area contributed by atoms with Gasteiger partial charge in [-0.15, -0.1) is 0 Å². The first-order chi connectivity index (χ1) is 15.0. The van der Waals surface area contributed by atoms with Gasteiger partial charge in [-0.3, -0.25) is 4.99 Å². The second kappa shape index (κ2) is 10.4. The van der Waals surface area contributed by atoms with Crippen LogP contribution >= 0.6 is 0 Å². The van der Waals surface area contributed by atoms with Crippen LogP contribution in [0, 0.1) is 11.8 Å². The van der Waals surface area contributed by atoms with Crippen LogP contribution in [0.15, 0.2) is 83.7 Å². The van der Waals surface area contributed by atoms with Crippen LogP contribution in [0.4, 0.5) is 0 Å². The van der Waals surface area contributed by atoms with Crippen LogP contribution in [-0.4, -0.2) is 41.0 Å². The van der Waals surface area contributed by atoms with Crippen molar-refractivity contribution < 1.29 is 0 Å². The Kier molecular flexibility index (Phi) is 7.45. The van der Waals surface area contributed by atoms with Crippen molar-refractivity contribution in [1.29, 1.82) is 0 Å². The summed E-state index contributed by atoms with van der Waals surface area (Å²) < 4.78 is 1.85. The molecule has 2 aromatic rings. The van der Waals surface area contributed by atoms with Gasteiger partial charge >= 0.3 is 0 Å². The van der Waals surface area contributed by atoms with Crippen LogP contribution in [0.3, 0.4) is 0 Å². The van der Waals surface area contributed by atoms with Gasteiger partial charge in [0.15, 0.2) is 0 Å². The van der Waals surface area contributed by atoms with Crippen molar-refractivity contribution in [3.05, 3.63) is 89.8 Å². The molecule has 3 rings (SSSR count). The normalized spacial score (nSPS) is 13.2. The summed E-state index contributed by atoms with van der Waals surface area (Å²) in [5.41, 5.74) is 7.14. The Labute approximate surface area is 186 Å². The molecule has 0 fully saturated rings. The van der Waals surface area contributed by atoms with E-state index in [1.54, 1.807) is 6.20 Å². The number of nitrogens with zero attached hydrogens (tertiary/aromatic N) is 4. The number of rotatable bonds is 6. The maximum absolute atomic E-state index is 4.40. The van der Waals surface area contributed by atoms with Crippen molar-refractivity contribution >= 4 is 11.4 Å². The summed E-state index contributed by atoms with van der Waals surface area (Å²) in [6, 6.07) is 8.14. The minimum absolute atomic E-state index is 0.695. The second-order valence-electron chi connectivity index (χ2n) is 7.81. The third kappa shape index (κ3) is 5.96. The fourth-order valence-corrected chi connectivity index (χ4v) is 3.35. The highest BCUT2D eigenvalue weighted by Gasteiger charge is 2.11. The van der Waals surface area contributed by atoms with Crippen molar-refractivity contribution in [2.45, 2.75) is 26.7 Å². The monoisotopic (exact) mass is 410 g/mol. The van der Waals surface area contributed by atoms with Gasteiger partial charge in [0, 0.05) is 37.8 Å². The molecule has 1 aromatic carbocycles. The first kappa shape index (κ1) is 22.1. The zero-order chi connectivity index (χ0) is 22.2. The molecule has 1 aliphatic rings. The fraction of sp³-hybridized carbons (Fsp3) is 0.259. The van der Waals surface area contributed by atoms with Gasteiger partial charge in [-0.1, -0.05) is 48.3 Å². The van der Waals surface area contributed by atoms with Crippen LogP contribution in [0.2, 0.25) is 0 Å². The molecule has 0 amide bonds. The molecule has 1 heterocycles. The van der Waals surface area contributed by atoms with E-state index in [9.17, 15) is 0 Å². The van der Waals surface area contributed by atoms with Crippen LogP contribution in [0.1, 0.15) is 37.8 Å². The SMILES string of the molecule is C=C(c1ccc(-n2cccn2)c(C#CC2=CCCC=C2)c1)N(C)C/C(C=C(C)C)=N/C. The predicted octanol–water partition coefficient (Wildman–Crippen LogP) is 5.44. The average molecular weight is 411 g/mol. The number of hydrogen-bond donors (Lipinski definition) is 0. The predicted molar refractivity (Wildman–Crippen MR) is 131 cm³/mol. The van der Waals surface area contributed by atoms with Crippen molar-refractivity contribution in [2.24, 2.45) is 4.99 Å². The Morgan fingerprint density at radius 3 is 2.77 bits per heavy atom. The summed E-state index contributed by atoms with van der Waals surface area (Å²) >= 11 is 0. The van der Waals surface area contributed by atoms with Crippen molar-refractivity contribution in [1.82, 2.24) is 14.7 Å². The largest absolute Gasteiger partial charge is 0.369 e. The molecule has 1 aliphatic carbocycles.